The Balaban J connectivity index is 2.77. The fourth-order valence-corrected chi connectivity index (χ4v) is 2.19. The van der Waals surface area contributed by atoms with Crippen molar-refractivity contribution in [1.82, 2.24) is 5.32 Å². The molecule has 0 radical (unpaired) electrons. The lowest BCUT2D eigenvalue weighted by atomic mass is 9.96. The number of ether oxygens (including phenoxy) is 2. The average molecular weight is 293 g/mol. The van der Waals surface area contributed by atoms with Gasteiger partial charge in [-0.25, -0.2) is 0 Å². The summed E-state index contributed by atoms with van der Waals surface area (Å²) in [6.45, 7) is 10.1. The second-order valence-corrected chi connectivity index (χ2v) is 5.37. The van der Waals surface area contributed by atoms with E-state index in [-0.39, 0.29) is 5.91 Å². The number of carbonyl (C=O) groups excluding carboxylic acids is 1. The summed E-state index contributed by atoms with van der Waals surface area (Å²) in [6, 6.07) is 3.88. The number of nitrogens with one attached hydrogen (secondary N) is 1. The number of methoxy groups -OCH3 is 1. The molecule has 0 unspecified atom stereocenters. The van der Waals surface area contributed by atoms with E-state index in [1.54, 1.807) is 7.11 Å². The highest BCUT2D eigenvalue weighted by molar-refractivity contribution is 5.96. The quantitative estimate of drug-likeness (QED) is 0.748. The first kappa shape index (κ1) is 17.5. The summed E-state index contributed by atoms with van der Waals surface area (Å²) in [6.07, 6.45) is 0.825. The van der Waals surface area contributed by atoms with E-state index < -0.39 is 0 Å². The molecule has 1 amide bonds. The Morgan fingerprint density at radius 3 is 2.62 bits per heavy atom. The Hall–Kier alpha value is -1.55. The van der Waals surface area contributed by atoms with Crippen molar-refractivity contribution in [3.05, 3.63) is 28.8 Å². The molecule has 1 aromatic rings. The number of hydrogen-bond acceptors (Lipinski definition) is 3. The molecule has 0 atom stereocenters. The van der Waals surface area contributed by atoms with Gasteiger partial charge in [0.1, 0.15) is 5.75 Å². The first-order chi connectivity index (χ1) is 10.0. The SMILES string of the molecule is CCOCCCNC(=O)c1cc(C(C)C)c(OC)cc1C. The highest BCUT2D eigenvalue weighted by Gasteiger charge is 2.15. The molecule has 0 fully saturated rings. The van der Waals surface area contributed by atoms with Crippen LogP contribution in [-0.4, -0.2) is 32.8 Å². The number of hydrogen-bond donors (Lipinski definition) is 1. The molecule has 21 heavy (non-hydrogen) atoms. The van der Waals surface area contributed by atoms with E-state index in [2.05, 4.69) is 19.2 Å². The molecule has 4 heteroatoms. The summed E-state index contributed by atoms with van der Waals surface area (Å²) < 4.78 is 10.7. The van der Waals surface area contributed by atoms with Crippen molar-refractivity contribution in [2.24, 2.45) is 0 Å². The molecular formula is C17H27NO3. The zero-order valence-corrected chi connectivity index (χ0v) is 13.8. The first-order valence-electron chi connectivity index (χ1n) is 7.55. The normalized spacial score (nSPS) is 10.8. The Kier molecular flexibility index (Phi) is 7.23. The molecule has 0 saturated carbocycles. The predicted octanol–water partition coefficient (Wildman–Crippen LogP) is 3.28. The molecule has 0 aliphatic heterocycles. The number of benzene rings is 1. The van der Waals surface area contributed by atoms with Crippen molar-refractivity contribution in [2.75, 3.05) is 26.9 Å². The molecule has 0 aromatic heterocycles. The molecule has 1 aromatic carbocycles. The van der Waals surface area contributed by atoms with Crippen molar-refractivity contribution in [3.63, 3.8) is 0 Å². The maximum absolute atomic E-state index is 12.3. The minimum absolute atomic E-state index is 0.0337. The van der Waals surface area contributed by atoms with Gasteiger partial charge in [-0.2, -0.15) is 0 Å². The predicted molar refractivity (Wildman–Crippen MR) is 85.3 cm³/mol. The fourth-order valence-electron chi connectivity index (χ4n) is 2.19. The van der Waals surface area contributed by atoms with Crippen LogP contribution in [0.2, 0.25) is 0 Å². The summed E-state index contributed by atoms with van der Waals surface area (Å²) in [5.74, 6) is 1.12. The van der Waals surface area contributed by atoms with Gasteiger partial charge in [-0.05, 0) is 49.4 Å². The van der Waals surface area contributed by atoms with Gasteiger partial charge < -0.3 is 14.8 Å². The van der Waals surface area contributed by atoms with Crippen molar-refractivity contribution in [3.8, 4) is 5.75 Å². The second-order valence-electron chi connectivity index (χ2n) is 5.37. The molecule has 0 heterocycles. The van der Waals surface area contributed by atoms with E-state index in [1.165, 1.54) is 0 Å². The first-order valence-corrected chi connectivity index (χ1v) is 7.55. The summed E-state index contributed by atoms with van der Waals surface area (Å²) in [7, 11) is 1.66. The van der Waals surface area contributed by atoms with E-state index in [1.807, 2.05) is 26.0 Å². The van der Waals surface area contributed by atoms with Gasteiger partial charge in [-0.3, -0.25) is 4.79 Å². The number of amides is 1. The summed E-state index contributed by atoms with van der Waals surface area (Å²) in [5.41, 5.74) is 2.71. The topological polar surface area (TPSA) is 47.6 Å². The minimum Gasteiger partial charge on any atom is -0.496 e. The van der Waals surface area contributed by atoms with Gasteiger partial charge in [0.05, 0.1) is 7.11 Å². The molecular weight excluding hydrogens is 266 g/mol. The molecule has 1 N–H and O–H groups in total. The smallest absolute Gasteiger partial charge is 0.251 e. The van der Waals surface area contributed by atoms with Crippen molar-refractivity contribution < 1.29 is 14.3 Å². The van der Waals surface area contributed by atoms with Crippen LogP contribution >= 0.6 is 0 Å². The molecule has 118 valence electrons. The monoisotopic (exact) mass is 293 g/mol. The summed E-state index contributed by atoms with van der Waals surface area (Å²) in [5, 5.41) is 2.94. The van der Waals surface area contributed by atoms with Gasteiger partial charge in [-0.15, -0.1) is 0 Å². The van der Waals surface area contributed by atoms with Crippen LogP contribution in [0.3, 0.4) is 0 Å². The van der Waals surface area contributed by atoms with Crippen LogP contribution in [0, 0.1) is 6.92 Å². The Labute approximate surface area is 127 Å². The van der Waals surface area contributed by atoms with E-state index in [9.17, 15) is 4.79 Å². The molecule has 0 spiro atoms. The van der Waals surface area contributed by atoms with Crippen LogP contribution in [-0.2, 0) is 4.74 Å². The highest BCUT2D eigenvalue weighted by atomic mass is 16.5. The van der Waals surface area contributed by atoms with Crippen molar-refractivity contribution in [1.29, 1.82) is 0 Å². The van der Waals surface area contributed by atoms with Gasteiger partial charge in [0.2, 0.25) is 0 Å². The minimum atomic E-state index is -0.0337. The van der Waals surface area contributed by atoms with Crippen LogP contribution in [0.25, 0.3) is 0 Å². The maximum atomic E-state index is 12.3. The van der Waals surface area contributed by atoms with Crippen LogP contribution < -0.4 is 10.1 Å². The van der Waals surface area contributed by atoms with Crippen LogP contribution in [0.4, 0.5) is 0 Å². The van der Waals surface area contributed by atoms with Crippen molar-refractivity contribution >= 4 is 5.91 Å². The van der Waals surface area contributed by atoms with Gasteiger partial charge in [0.25, 0.3) is 5.91 Å². The Bertz CT molecular complexity index is 469. The molecule has 1 rings (SSSR count). The third-order valence-electron chi connectivity index (χ3n) is 3.40. The van der Waals surface area contributed by atoms with Crippen molar-refractivity contribution in [2.45, 2.75) is 40.0 Å². The molecule has 0 aliphatic carbocycles. The lowest BCUT2D eigenvalue weighted by Gasteiger charge is -2.16. The summed E-state index contributed by atoms with van der Waals surface area (Å²) in [4.78, 5) is 12.3. The third-order valence-corrected chi connectivity index (χ3v) is 3.40. The summed E-state index contributed by atoms with van der Waals surface area (Å²) >= 11 is 0. The van der Waals surface area contributed by atoms with Crippen LogP contribution in [0.1, 0.15) is 54.6 Å². The van der Waals surface area contributed by atoms with Gasteiger partial charge in [0.15, 0.2) is 0 Å². The zero-order chi connectivity index (χ0) is 15.8. The standard InChI is InChI=1S/C17H27NO3/c1-6-21-9-7-8-18-17(19)15-11-14(12(2)3)16(20-5)10-13(15)4/h10-12H,6-9H2,1-5H3,(H,18,19). The van der Waals surface area contributed by atoms with Gasteiger partial charge in [-0.1, -0.05) is 13.8 Å². The fraction of sp³-hybridized carbons (Fsp3) is 0.588. The maximum Gasteiger partial charge on any atom is 0.251 e. The van der Waals surface area contributed by atoms with Gasteiger partial charge >= 0.3 is 0 Å². The number of carbonyl (C=O) groups is 1. The Morgan fingerprint density at radius 2 is 2.05 bits per heavy atom. The largest absolute Gasteiger partial charge is 0.496 e. The van der Waals surface area contributed by atoms with E-state index in [0.717, 1.165) is 28.9 Å². The average Bonchev–Trinajstić information content (AvgIpc) is 2.46. The lowest BCUT2D eigenvalue weighted by Crippen LogP contribution is -2.26. The molecule has 4 nitrogen and oxygen atoms in total. The van der Waals surface area contributed by atoms with E-state index >= 15 is 0 Å². The van der Waals surface area contributed by atoms with Gasteiger partial charge in [0, 0.05) is 25.3 Å². The number of rotatable bonds is 8. The highest BCUT2D eigenvalue weighted by Crippen LogP contribution is 2.29. The van der Waals surface area contributed by atoms with E-state index in [0.29, 0.717) is 25.7 Å². The second kappa shape index (κ2) is 8.67. The molecule has 0 aliphatic rings. The zero-order valence-electron chi connectivity index (χ0n) is 13.8. The van der Waals surface area contributed by atoms with E-state index in [4.69, 9.17) is 9.47 Å². The third kappa shape index (κ3) is 5.05. The van der Waals surface area contributed by atoms with Crippen LogP contribution in [0.15, 0.2) is 12.1 Å². The lowest BCUT2D eigenvalue weighted by molar-refractivity contribution is 0.0943. The van der Waals surface area contributed by atoms with Crippen LogP contribution in [0.5, 0.6) is 5.75 Å². The molecule has 0 bridgehead atoms. The molecule has 0 saturated heterocycles. The Morgan fingerprint density at radius 1 is 1.33 bits per heavy atom. The number of aryl methyl sites for hydroxylation is 1.